The molecule has 1 rings (SSSR count). The first kappa shape index (κ1) is 11.5. The van der Waals surface area contributed by atoms with Crippen LogP contribution in [0.5, 0.6) is 0 Å². The Morgan fingerprint density at radius 2 is 2.07 bits per heavy atom. The summed E-state index contributed by atoms with van der Waals surface area (Å²) in [6, 6.07) is 5.04. The van der Waals surface area contributed by atoms with Gasteiger partial charge < -0.3 is 10.4 Å². The monoisotopic (exact) mass is 211 g/mol. The summed E-state index contributed by atoms with van der Waals surface area (Å²) < 4.78 is 12.6. The van der Waals surface area contributed by atoms with Gasteiger partial charge in [-0.15, -0.1) is 0 Å². The van der Waals surface area contributed by atoms with Gasteiger partial charge in [0, 0.05) is 5.69 Å². The number of carbonyl (C=O) groups is 1. The van der Waals surface area contributed by atoms with Crippen molar-refractivity contribution in [3.05, 3.63) is 30.1 Å². The summed E-state index contributed by atoms with van der Waals surface area (Å²) in [7, 11) is 0. The van der Waals surface area contributed by atoms with Crippen LogP contribution < -0.4 is 5.32 Å². The Kier molecular flexibility index (Phi) is 4.09. The van der Waals surface area contributed by atoms with Gasteiger partial charge in [0.1, 0.15) is 11.9 Å². The van der Waals surface area contributed by atoms with Gasteiger partial charge in [0.2, 0.25) is 0 Å². The van der Waals surface area contributed by atoms with E-state index in [4.69, 9.17) is 5.11 Å². The predicted molar refractivity (Wildman–Crippen MR) is 56.4 cm³/mol. The van der Waals surface area contributed by atoms with Gasteiger partial charge in [-0.1, -0.05) is 13.3 Å². The Morgan fingerprint density at radius 1 is 1.47 bits per heavy atom. The van der Waals surface area contributed by atoms with E-state index < -0.39 is 12.0 Å². The van der Waals surface area contributed by atoms with E-state index in [0.29, 0.717) is 12.1 Å². The highest BCUT2D eigenvalue weighted by atomic mass is 19.1. The highest BCUT2D eigenvalue weighted by molar-refractivity contribution is 5.77. The second kappa shape index (κ2) is 5.34. The number of benzene rings is 1. The lowest BCUT2D eigenvalue weighted by Crippen LogP contribution is -2.28. The minimum Gasteiger partial charge on any atom is -0.480 e. The standard InChI is InChI=1S/C11H14FNO2/c1-2-3-10(11(14)15)13-9-6-4-8(12)5-7-9/h4-7,10,13H,2-3H2,1H3,(H,14,15)/t10-/m0/s1. The number of carboxylic acids is 1. The minimum absolute atomic E-state index is 0.331. The maximum atomic E-state index is 12.6. The molecule has 2 N–H and O–H groups in total. The summed E-state index contributed by atoms with van der Waals surface area (Å²) in [5.74, 6) is -1.22. The highest BCUT2D eigenvalue weighted by Gasteiger charge is 2.15. The van der Waals surface area contributed by atoms with Crippen LogP contribution in [-0.2, 0) is 4.79 Å². The van der Waals surface area contributed by atoms with Crippen molar-refractivity contribution in [3.63, 3.8) is 0 Å². The topological polar surface area (TPSA) is 49.3 Å². The third-order valence-electron chi connectivity index (χ3n) is 2.06. The molecule has 4 heteroatoms. The average Bonchev–Trinajstić information content (AvgIpc) is 2.20. The number of anilines is 1. The largest absolute Gasteiger partial charge is 0.480 e. The first-order chi connectivity index (χ1) is 7.13. The fraction of sp³-hybridized carbons (Fsp3) is 0.364. The summed E-state index contributed by atoms with van der Waals surface area (Å²) in [6.45, 7) is 1.92. The molecule has 0 spiro atoms. The number of halogens is 1. The van der Waals surface area contributed by atoms with E-state index >= 15 is 0 Å². The Hall–Kier alpha value is -1.58. The van der Waals surface area contributed by atoms with Gasteiger partial charge in [0.05, 0.1) is 0 Å². The molecule has 0 saturated carbocycles. The van der Waals surface area contributed by atoms with Gasteiger partial charge in [-0.2, -0.15) is 0 Å². The first-order valence-corrected chi connectivity index (χ1v) is 4.88. The lowest BCUT2D eigenvalue weighted by molar-refractivity contribution is -0.138. The number of hydrogen-bond donors (Lipinski definition) is 2. The molecule has 0 saturated heterocycles. The quantitative estimate of drug-likeness (QED) is 0.786. The van der Waals surface area contributed by atoms with E-state index in [0.717, 1.165) is 6.42 Å². The van der Waals surface area contributed by atoms with Crippen LogP contribution >= 0.6 is 0 Å². The predicted octanol–water partition coefficient (Wildman–Crippen LogP) is 2.49. The smallest absolute Gasteiger partial charge is 0.326 e. The molecule has 0 aromatic heterocycles. The van der Waals surface area contributed by atoms with Crippen LogP contribution in [-0.4, -0.2) is 17.1 Å². The van der Waals surface area contributed by atoms with Crippen LogP contribution in [0.4, 0.5) is 10.1 Å². The molecule has 1 aromatic rings. The first-order valence-electron chi connectivity index (χ1n) is 4.88. The molecule has 0 aliphatic heterocycles. The van der Waals surface area contributed by atoms with E-state index in [1.807, 2.05) is 6.92 Å². The van der Waals surface area contributed by atoms with Crippen molar-refractivity contribution in [3.8, 4) is 0 Å². The van der Waals surface area contributed by atoms with Crippen LogP contribution in [0.15, 0.2) is 24.3 Å². The molecule has 0 aliphatic rings. The molecule has 0 heterocycles. The van der Waals surface area contributed by atoms with Gasteiger partial charge in [-0.3, -0.25) is 0 Å². The SMILES string of the molecule is CCC[C@H](Nc1ccc(F)cc1)C(=O)O. The van der Waals surface area contributed by atoms with E-state index in [1.54, 1.807) is 0 Å². The highest BCUT2D eigenvalue weighted by Crippen LogP contribution is 2.11. The molecule has 82 valence electrons. The second-order valence-electron chi connectivity index (χ2n) is 3.33. The molecule has 0 aliphatic carbocycles. The molecule has 0 unspecified atom stereocenters. The molecule has 0 fully saturated rings. The molecule has 0 bridgehead atoms. The Balaban J connectivity index is 2.65. The molecule has 0 amide bonds. The Morgan fingerprint density at radius 3 is 2.53 bits per heavy atom. The zero-order chi connectivity index (χ0) is 11.3. The van der Waals surface area contributed by atoms with Crippen molar-refractivity contribution in [2.75, 3.05) is 5.32 Å². The lowest BCUT2D eigenvalue weighted by Gasteiger charge is -2.14. The van der Waals surface area contributed by atoms with Crippen molar-refractivity contribution < 1.29 is 14.3 Å². The van der Waals surface area contributed by atoms with Crippen LogP contribution in [0.3, 0.4) is 0 Å². The van der Waals surface area contributed by atoms with Crippen LogP contribution in [0.1, 0.15) is 19.8 Å². The maximum absolute atomic E-state index is 12.6. The molecule has 15 heavy (non-hydrogen) atoms. The third-order valence-corrected chi connectivity index (χ3v) is 2.06. The van der Waals surface area contributed by atoms with Gasteiger partial charge in [0.25, 0.3) is 0 Å². The molecule has 0 radical (unpaired) electrons. The van der Waals surface area contributed by atoms with Crippen molar-refractivity contribution in [2.45, 2.75) is 25.8 Å². The lowest BCUT2D eigenvalue weighted by atomic mass is 10.1. The van der Waals surface area contributed by atoms with E-state index in [1.165, 1.54) is 24.3 Å². The fourth-order valence-corrected chi connectivity index (χ4v) is 1.29. The van der Waals surface area contributed by atoms with Crippen LogP contribution in [0.25, 0.3) is 0 Å². The summed E-state index contributed by atoms with van der Waals surface area (Å²) >= 11 is 0. The number of rotatable bonds is 5. The zero-order valence-corrected chi connectivity index (χ0v) is 8.53. The van der Waals surface area contributed by atoms with Crippen molar-refractivity contribution in [1.29, 1.82) is 0 Å². The number of aliphatic carboxylic acids is 1. The second-order valence-corrected chi connectivity index (χ2v) is 3.33. The van der Waals surface area contributed by atoms with Gasteiger partial charge >= 0.3 is 5.97 Å². The zero-order valence-electron chi connectivity index (χ0n) is 8.53. The van der Waals surface area contributed by atoms with Crippen molar-refractivity contribution >= 4 is 11.7 Å². The fourth-order valence-electron chi connectivity index (χ4n) is 1.29. The summed E-state index contributed by atoms with van der Waals surface area (Å²) in [4.78, 5) is 10.8. The Bertz CT molecular complexity index is 324. The Labute approximate surface area is 87.9 Å². The minimum atomic E-state index is -0.888. The van der Waals surface area contributed by atoms with E-state index in [2.05, 4.69) is 5.32 Å². The normalized spacial score (nSPS) is 12.1. The molecular formula is C11H14FNO2. The maximum Gasteiger partial charge on any atom is 0.326 e. The number of carboxylic acid groups (broad SMARTS) is 1. The summed E-state index contributed by atoms with van der Waals surface area (Å²) in [5, 5.41) is 11.7. The molecule has 3 nitrogen and oxygen atoms in total. The third kappa shape index (κ3) is 3.58. The van der Waals surface area contributed by atoms with E-state index in [9.17, 15) is 9.18 Å². The average molecular weight is 211 g/mol. The summed E-state index contributed by atoms with van der Waals surface area (Å²) in [5.41, 5.74) is 0.622. The molecule has 1 aromatic carbocycles. The van der Waals surface area contributed by atoms with Crippen LogP contribution in [0.2, 0.25) is 0 Å². The molecular weight excluding hydrogens is 197 g/mol. The van der Waals surface area contributed by atoms with Crippen molar-refractivity contribution in [2.24, 2.45) is 0 Å². The summed E-state index contributed by atoms with van der Waals surface area (Å²) in [6.07, 6.45) is 1.33. The molecule has 1 atom stereocenters. The van der Waals surface area contributed by atoms with Crippen LogP contribution in [0, 0.1) is 5.82 Å². The van der Waals surface area contributed by atoms with E-state index in [-0.39, 0.29) is 5.82 Å². The number of nitrogens with one attached hydrogen (secondary N) is 1. The number of hydrogen-bond acceptors (Lipinski definition) is 2. The van der Waals surface area contributed by atoms with Gasteiger partial charge in [-0.05, 0) is 30.7 Å². The van der Waals surface area contributed by atoms with Crippen molar-refractivity contribution in [1.82, 2.24) is 0 Å². The van der Waals surface area contributed by atoms with Gasteiger partial charge in [0.15, 0.2) is 0 Å². The van der Waals surface area contributed by atoms with Gasteiger partial charge in [-0.25, -0.2) is 9.18 Å².